The van der Waals surface area contributed by atoms with Gasteiger partial charge in [-0.1, -0.05) is 0 Å². The number of hydrogen-bond acceptors (Lipinski definition) is 3. The van der Waals surface area contributed by atoms with Gasteiger partial charge in [-0.3, -0.25) is 9.59 Å². The number of rotatable bonds is 4. The Morgan fingerprint density at radius 3 is 2.90 bits per heavy atom. The number of carbonyl (C=O) groups is 2. The average molecular weight is 359 g/mol. The highest BCUT2D eigenvalue weighted by atomic mass is 79.9. The number of aryl methyl sites for hydroxylation is 1. The van der Waals surface area contributed by atoms with Gasteiger partial charge in [-0.2, -0.15) is 0 Å². The van der Waals surface area contributed by atoms with Gasteiger partial charge in [0.15, 0.2) is 0 Å². The van der Waals surface area contributed by atoms with E-state index in [2.05, 4.69) is 27.3 Å². The second kappa shape index (κ2) is 6.26. The summed E-state index contributed by atoms with van der Waals surface area (Å²) in [6, 6.07) is 4.11. The highest BCUT2D eigenvalue weighted by Crippen LogP contribution is 2.24. The van der Waals surface area contributed by atoms with Gasteiger partial charge in [0.25, 0.3) is 0 Å². The SMILES string of the molecule is CC1(C)C(=O)NCCN1C(=O)CCCc1ccc(Br)s1. The molecule has 0 atom stereocenters. The maximum atomic E-state index is 12.3. The van der Waals surface area contributed by atoms with Crippen LogP contribution >= 0.6 is 27.3 Å². The number of halogens is 1. The molecular formula is C14H19BrN2O2S. The summed E-state index contributed by atoms with van der Waals surface area (Å²) in [7, 11) is 0. The Hall–Kier alpha value is -0.880. The zero-order valence-corrected chi connectivity index (χ0v) is 14.1. The third kappa shape index (κ3) is 3.41. The van der Waals surface area contributed by atoms with Crippen LogP contribution in [0.5, 0.6) is 0 Å². The molecule has 0 saturated carbocycles. The Labute approximate surface area is 131 Å². The van der Waals surface area contributed by atoms with Crippen molar-refractivity contribution >= 4 is 39.1 Å². The van der Waals surface area contributed by atoms with E-state index in [0.717, 1.165) is 16.6 Å². The maximum Gasteiger partial charge on any atom is 0.245 e. The number of carbonyl (C=O) groups excluding carboxylic acids is 2. The van der Waals surface area contributed by atoms with Crippen LogP contribution in [0.2, 0.25) is 0 Å². The lowest BCUT2D eigenvalue weighted by Crippen LogP contribution is -2.63. The van der Waals surface area contributed by atoms with E-state index in [0.29, 0.717) is 19.5 Å². The van der Waals surface area contributed by atoms with E-state index in [-0.39, 0.29) is 11.8 Å². The van der Waals surface area contributed by atoms with Crippen LogP contribution in [0.1, 0.15) is 31.6 Å². The Kier molecular flexibility index (Phi) is 4.86. The van der Waals surface area contributed by atoms with E-state index >= 15 is 0 Å². The predicted octanol–water partition coefficient (Wildman–Crippen LogP) is 2.57. The molecule has 1 N–H and O–H groups in total. The Morgan fingerprint density at radius 1 is 1.50 bits per heavy atom. The molecule has 6 heteroatoms. The van der Waals surface area contributed by atoms with Crippen LogP contribution in [-0.4, -0.2) is 35.3 Å². The first-order valence-corrected chi connectivity index (χ1v) is 8.35. The van der Waals surface area contributed by atoms with E-state index in [9.17, 15) is 9.59 Å². The third-order valence-corrected chi connectivity index (χ3v) is 5.28. The highest BCUT2D eigenvalue weighted by molar-refractivity contribution is 9.11. The molecule has 110 valence electrons. The first-order chi connectivity index (χ1) is 9.41. The van der Waals surface area contributed by atoms with E-state index in [1.54, 1.807) is 30.1 Å². The van der Waals surface area contributed by atoms with Crippen molar-refractivity contribution in [2.45, 2.75) is 38.6 Å². The summed E-state index contributed by atoms with van der Waals surface area (Å²) in [6.07, 6.45) is 2.22. The molecule has 1 saturated heterocycles. The van der Waals surface area contributed by atoms with Crippen LogP contribution in [0.15, 0.2) is 15.9 Å². The summed E-state index contributed by atoms with van der Waals surface area (Å²) in [6.45, 7) is 4.75. The van der Waals surface area contributed by atoms with Gasteiger partial charge < -0.3 is 10.2 Å². The van der Waals surface area contributed by atoms with Crippen molar-refractivity contribution in [3.8, 4) is 0 Å². The molecule has 0 spiro atoms. The fraction of sp³-hybridized carbons (Fsp3) is 0.571. The van der Waals surface area contributed by atoms with Gasteiger partial charge in [-0.05, 0) is 54.8 Å². The number of hydrogen-bond donors (Lipinski definition) is 1. The average Bonchev–Trinajstić information content (AvgIpc) is 2.78. The number of nitrogens with one attached hydrogen (secondary N) is 1. The third-order valence-electron chi connectivity index (χ3n) is 3.60. The molecule has 0 aromatic carbocycles. The molecule has 0 aliphatic carbocycles. The second-order valence-electron chi connectivity index (χ2n) is 5.42. The van der Waals surface area contributed by atoms with Gasteiger partial charge in [-0.15, -0.1) is 11.3 Å². The lowest BCUT2D eigenvalue weighted by atomic mass is 9.98. The molecule has 1 aromatic heterocycles. The first-order valence-electron chi connectivity index (χ1n) is 6.74. The number of thiophene rings is 1. The second-order valence-corrected chi connectivity index (χ2v) is 7.97. The van der Waals surface area contributed by atoms with Gasteiger partial charge in [0, 0.05) is 24.4 Å². The van der Waals surface area contributed by atoms with Crippen molar-refractivity contribution in [1.82, 2.24) is 10.2 Å². The van der Waals surface area contributed by atoms with Gasteiger partial charge in [0.05, 0.1) is 3.79 Å². The zero-order valence-electron chi connectivity index (χ0n) is 11.7. The van der Waals surface area contributed by atoms with E-state index in [1.165, 1.54) is 4.88 Å². The van der Waals surface area contributed by atoms with Crippen LogP contribution in [-0.2, 0) is 16.0 Å². The minimum Gasteiger partial charge on any atom is -0.352 e. The molecule has 0 radical (unpaired) electrons. The topological polar surface area (TPSA) is 49.4 Å². The van der Waals surface area contributed by atoms with Crippen LogP contribution in [0.25, 0.3) is 0 Å². The standard InChI is InChI=1S/C14H19BrN2O2S/c1-14(2)13(19)16-8-9-17(14)12(18)5-3-4-10-6-7-11(15)20-10/h6-7H,3-5,8-9H2,1-2H3,(H,16,19). The number of amides is 2. The number of nitrogens with zero attached hydrogens (tertiary/aromatic N) is 1. The van der Waals surface area contributed by atoms with Crippen molar-refractivity contribution in [2.75, 3.05) is 13.1 Å². The number of piperazine rings is 1. The van der Waals surface area contributed by atoms with Crippen molar-refractivity contribution in [3.05, 3.63) is 20.8 Å². The molecule has 0 unspecified atom stereocenters. The molecule has 1 fully saturated rings. The van der Waals surface area contributed by atoms with Gasteiger partial charge in [-0.25, -0.2) is 0 Å². The van der Waals surface area contributed by atoms with E-state index < -0.39 is 5.54 Å². The normalized spacial score (nSPS) is 17.9. The Morgan fingerprint density at radius 2 is 2.25 bits per heavy atom. The zero-order chi connectivity index (χ0) is 14.8. The summed E-state index contributed by atoms with van der Waals surface area (Å²) < 4.78 is 1.12. The maximum absolute atomic E-state index is 12.3. The van der Waals surface area contributed by atoms with Gasteiger partial charge >= 0.3 is 0 Å². The molecule has 2 rings (SSSR count). The van der Waals surface area contributed by atoms with Crippen molar-refractivity contribution in [3.63, 3.8) is 0 Å². The van der Waals surface area contributed by atoms with Gasteiger partial charge in [0.2, 0.25) is 11.8 Å². The summed E-state index contributed by atoms with van der Waals surface area (Å²) in [5, 5.41) is 2.81. The van der Waals surface area contributed by atoms with E-state index in [4.69, 9.17) is 0 Å². The quantitative estimate of drug-likeness (QED) is 0.898. The lowest BCUT2D eigenvalue weighted by molar-refractivity contribution is -0.149. The summed E-state index contributed by atoms with van der Waals surface area (Å²) in [4.78, 5) is 27.1. The summed E-state index contributed by atoms with van der Waals surface area (Å²) >= 11 is 5.14. The molecular weight excluding hydrogens is 340 g/mol. The molecule has 0 bridgehead atoms. The molecule has 20 heavy (non-hydrogen) atoms. The predicted molar refractivity (Wildman–Crippen MR) is 83.8 cm³/mol. The fourth-order valence-electron chi connectivity index (χ4n) is 2.37. The minimum atomic E-state index is -0.735. The highest BCUT2D eigenvalue weighted by Gasteiger charge is 2.39. The minimum absolute atomic E-state index is 0.0699. The molecule has 1 aliphatic heterocycles. The van der Waals surface area contributed by atoms with Crippen molar-refractivity contribution < 1.29 is 9.59 Å². The van der Waals surface area contributed by atoms with Crippen molar-refractivity contribution in [1.29, 1.82) is 0 Å². The lowest BCUT2D eigenvalue weighted by Gasteiger charge is -2.41. The molecule has 4 nitrogen and oxygen atoms in total. The monoisotopic (exact) mass is 358 g/mol. The van der Waals surface area contributed by atoms with Crippen LogP contribution in [0, 0.1) is 0 Å². The summed E-state index contributed by atoms with van der Waals surface area (Å²) in [5.74, 6) is -0.000223. The largest absolute Gasteiger partial charge is 0.352 e. The Bertz CT molecular complexity index is 513. The van der Waals surface area contributed by atoms with Crippen molar-refractivity contribution in [2.24, 2.45) is 0 Å². The molecule has 2 amide bonds. The summed E-state index contributed by atoms with van der Waals surface area (Å²) in [5.41, 5.74) is -0.735. The van der Waals surface area contributed by atoms with Crippen LogP contribution < -0.4 is 5.32 Å². The van der Waals surface area contributed by atoms with Gasteiger partial charge in [0.1, 0.15) is 5.54 Å². The van der Waals surface area contributed by atoms with Crippen LogP contribution in [0.3, 0.4) is 0 Å². The smallest absolute Gasteiger partial charge is 0.245 e. The fourth-order valence-corrected chi connectivity index (χ4v) is 3.90. The molecule has 2 heterocycles. The molecule has 1 aromatic rings. The molecule has 1 aliphatic rings. The van der Waals surface area contributed by atoms with E-state index in [1.807, 2.05) is 6.07 Å². The van der Waals surface area contributed by atoms with Crippen LogP contribution in [0.4, 0.5) is 0 Å². The Balaban J connectivity index is 1.86. The first kappa shape index (κ1) is 15.5.